The molecule has 6 nitrogen and oxygen atoms in total. The van der Waals surface area contributed by atoms with E-state index in [1.807, 2.05) is 6.20 Å². The molecule has 0 saturated heterocycles. The van der Waals surface area contributed by atoms with Gasteiger partial charge in [0.15, 0.2) is 0 Å². The lowest BCUT2D eigenvalue weighted by atomic mass is 10.00. The number of alkyl halides is 3. The van der Waals surface area contributed by atoms with Crippen molar-refractivity contribution in [2.45, 2.75) is 38.5 Å². The van der Waals surface area contributed by atoms with Crippen molar-refractivity contribution >= 4 is 12.0 Å². The van der Waals surface area contributed by atoms with Crippen LogP contribution in [0.3, 0.4) is 0 Å². The first kappa shape index (κ1) is 19.9. The first-order valence-corrected chi connectivity index (χ1v) is 9.43. The highest BCUT2D eigenvalue weighted by molar-refractivity contribution is 5.87. The van der Waals surface area contributed by atoms with Crippen LogP contribution in [0.2, 0.25) is 0 Å². The molecule has 1 aliphatic heterocycles. The molecule has 2 aromatic heterocycles. The molecule has 30 heavy (non-hydrogen) atoms. The molecule has 3 aromatic rings. The van der Waals surface area contributed by atoms with Gasteiger partial charge >= 0.3 is 6.18 Å². The predicted molar refractivity (Wildman–Crippen MR) is 107 cm³/mol. The van der Waals surface area contributed by atoms with Crippen molar-refractivity contribution in [3.63, 3.8) is 0 Å². The predicted octanol–water partition coefficient (Wildman–Crippen LogP) is 3.99. The molecule has 0 aliphatic carbocycles. The van der Waals surface area contributed by atoms with Crippen LogP contribution in [0.15, 0.2) is 41.7 Å². The number of phenols is 1. The van der Waals surface area contributed by atoms with Crippen LogP contribution in [0.25, 0.3) is 11.3 Å². The zero-order valence-electron chi connectivity index (χ0n) is 16.2. The Labute approximate surface area is 170 Å². The molecule has 1 unspecified atom stereocenters. The van der Waals surface area contributed by atoms with Gasteiger partial charge in [-0.05, 0) is 43.2 Å². The maximum atomic E-state index is 12.9. The van der Waals surface area contributed by atoms with Crippen LogP contribution in [0.1, 0.15) is 28.9 Å². The summed E-state index contributed by atoms with van der Waals surface area (Å²) in [7, 11) is 0. The highest BCUT2D eigenvalue weighted by atomic mass is 19.4. The van der Waals surface area contributed by atoms with Crippen LogP contribution in [0, 0.1) is 6.92 Å². The minimum absolute atomic E-state index is 0.104. The number of aliphatic imine (C=N–C) groups is 1. The van der Waals surface area contributed by atoms with E-state index < -0.39 is 17.5 Å². The largest absolute Gasteiger partial charge is 0.507 e. The van der Waals surface area contributed by atoms with Gasteiger partial charge in [0.05, 0.1) is 17.3 Å². The first-order valence-electron chi connectivity index (χ1n) is 9.43. The number of imidazole rings is 1. The van der Waals surface area contributed by atoms with Gasteiger partial charge in [0.25, 0.3) is 0 Å². The number of hydrogen-bond acceptors (Lipinski definition) is 5. The number of fused-ring (bicyclic) bond motifs is 1. The smallest absolute Gasteiger partial charge is 0.416 e. The molecule has 0 amide bonds. The summed E-state index contributed by atoms with van der Waals surface area (Å²) in [5.41, 5.74) is 6.53. The number of rotatable bonds is 3. The van der Waals surface area contributed by atoms with Gasteiger partial charge in [-0.25, -0.2) is 9.97 Å². The Morgan fingerprint density at radius 3 is 2.80 bits per heavy atom. The van der Waals surface area contributed by atoms with Crippen molar-refractivity contribution < 1.29 is 18.3 Å². The Morgan fingerprint density at radius 2 is 2.10 bits per heavy atom. The molecule has 9 heteroatoms. The van der Waals surface area contributed by atoms with Crippen molar-refractivity contribution in [1.29, 1.82) is 0 Å². The Hall–Kier alpha value is -3.36. The topological polar surface area (TPSA) is 89.3 Å². The number of anilines is 1. The van der Waals surface area contributed by atoms with Crippen LogP contribution in [0.4, 0.5) is 19.0 Å². The highest BCUT2D eigenvalue weighted by Gasteiger charge is 2.32. The van der Waals surface area contributed by atoms with E-state index in [4.69, 9.17) is 5.73 Å². The van der Waals surface area contributed by atoms with Gasteiger partial charge in [0.2, 0.25) is 0 Å². The zero-order chi connectivity index (χ0) is 21.5. The van der Waals surface area contributed by atoms with Crippen LogP contribution < -0.4 is 5.73 Å². The fraction of sp³-hybridized carbons (Fsp3) is 0.286. The van der Waals surface area contributed by atoms with Gasteiger partial charge in [0, 0.05) is 42.7 Å². The summed E-state index contributed by atoms with van der Waals surface area (Å²) in [6.45, 7) is 2.24. The summed E-state index contributed by atoms with van der Waals surface area (Å²) in [5.74, 6) is 0.752. The van der Waals surface area contributed by atoms with Crippen molar-refractivity contribution in [3.8, 4) is 17.0 Å². The van der Waals surface area contributed by atoms with E-state index in [1.54, 1.807) is 24.5 Å². The molecule has 1 aromatic carbocycles. The minimum Gasteiger partial charge on any atom is -0.507 e. The quantitative estimate of drug-likeness (QED) is 0.633. The van der Waals surface area contributed by atoms with Crippen LogP contribution in [0.5, 0.6) is 5.75 Å². The van der Waals surface area contributed by atoms with E-state index in [9.17, 15) is 18.3 Å². The number of aromatic hydroxyl groups is 1. The zero-order valence-corrected chi connectivity index (χ0v) is 16.2. The third-order valence-electron chi connectivity index (χ3n) is 5.19. The highest BCUT2D eigenvalue weighted by Crippen LogP contribution is 2.38. The summed E-state index contributed by atoms with van der Waals surface area (Å²) < 4.78 is 40.9. The first-order chi connectivity index (χ1) is 14.2. The number of phenolic OH excluding ortho intramolecular Hbond substituents is 1. The standard InChI is InChI=1S/C21H20F3N5O/c1-12-8-14(21(22,23)24)9-17(30)19(12)16-4-2-13(20(25)28-16)10-27-15-3-5-18-26-6-7-29(18)11-15/h2,4,6-10,15,30H,3,5,11H2,1H3,(H2,25,28). The third-order valence-corrected chi connectivity index (χ3v) is 5.19. The number of halogens is 3. The second kappa shape index (κ2) is 7.47. The normalized spacial score (nSPS) is 16.7. The number of benzene rings is 1. The van der Waals surface area contributed by atoms with E-state index in [1.165, 1.54) is 6.92 Å². The van der Waals surface area contributed by atoms with Crippen molar-refractivity contribution in [1.82, 2.24) is 14.5 Å². The summed E-state index contributed by atoms with van der Waals surface area (Å²) in [6, 6.07) is 5.09. The molecule has 1 atom stereocenters. The Kier molecular flexibility index (Phi) is 4.97. The van der Waals surface area contributed by atoms with Crippen molar-refractivity contribution in [3.05, 3.63) is 59.2 Å². The molecule has 0 fully saturated rings. The lowest BCUT2D eigenvalue weighted by Crippen LogP contribution is -2.23. The van der Waals surface area contributed by atoms with Crippen LogP contribution in [-0.2, 0) is 19.1 Å². The molecule has 1 aliphatic rings. The molecule has 0 saturated carbocycles. The van der Waals surface area contributed by atoms with Crippen molar-refractivity contribution in [2.24, 2.45) is 4.99 Å². The second-order valence-electron chi connectivity index (χ2n) is 7.32. The Balaban J connectivity index is 1.57. The molecule has 0 bridgehead atoms. The lowest BCUT2D eigenvalue weighted by molar-refractivity contribution is -0.137. The fourth-order valence-corrected chi connectivity index (χ4v) is 3.66. The van der Waals surface area contributed by atoms with E-state index in [-0.39, 0.29) is 23.0 Å². The van der Waals surface area contributed by atoms with E-state index >= 15 is 0 Å². The summed E-state index contributed by atoms with van der Waals surface area (Å²) in [6.07, 6.45) is 2.58. The van der Waals surface area contributed by atoms with Gasteiger partial charge in [-0.15, -0.1) is 0 Å². The van der Waals surface area contributed by atoms with Crippen LogP contribution >= 0.6 is 0 Å². The number of aromatic nitrogens is 3. The van der Waals surface area contributed by atoms with Gasteiger partial charge in [-0.1, -0.05) is 0 Å². The fourth-order valence-electron chi connectivity index (χ4n) is 3.66. The summed E-state index contributed by atoms with van der Waals surface area (Å²) in [4.78, 5) is 13.2. The number of pyridine rings is 1. The molecule has 156 valence electrons. The van der Waals surface area contributed by atoms with Gasteiger partial charge < -0.3 is 15.4 Å². The maximum Gasteiger partial charge on any atom is 0.416 e. The number of nitrogen functional groups attached to an aromatic ring is 1. The van der Waals surface area contributed by atoms with Gasteiger partial charge in [-0.3, -0.25) is 4.99 Å². The average molecular weight is 415 g/mol. The number of nitrogens with two attached hydrogens (primary N) is 1. The number of aryl methyl sites for hydroxylation is 2. The maximum absolute atomic E-state index is 12.9. The Morgan fingerprint density at radius 1 is 1.30 bits per heavy atom. The van der Waals surface area contributed by atoms with E-state index in [0.29, 0.717) is 17.3 Å². The molecular weight excluding hydrogens is 395 g/mol. The van der Waals surface area contributed by atoms with E-state index in [0.717, 1.165) is 31.3 Å². The molecule has 0 radical (unpaired) electrons. The van der Waals surface area contributed by atoms with E-state index in [2.05, 4.69) is 19.5 Å². The lowest BCUT2D eigenvalue weighted by Gasteiger charge is -2.20. The SMILES string of the molecule is Cc1cc(C(F)(F)F)cc(O)c1-c1ccc(C=NC2CCc3nccn3C2)c(N)n1. The molecule has 0 spiro atoms. The van der Waals surface area contributed by atoms with Gasteiger partial charge in [0.1, 0.15) is 17.4 Å². The van der Waals surface area contributed by atoms with Crippen molar-refractivity contribution in [2.75, 3.05) is 5.73 Å². The number of nitrogens with zero attached hydrogens (tertiary/aromatic N) is 4. The average Bonchev–Trinajstić information content (AvgIpc) is 3.14. The molecule has 4 rings (SSSR count). The second-order valence-corrected chi connectivity index (χ2v) is 7.32. The molecule has 3 N–H and O–H groups in total. The summed E-state index contributed by atoms with van der Waals surface area (Å²) >= 11 is 0. The van der Waals surface area contributed by atoms with Crippen LogP contribution in [-0.4, -0.2) is 31.9 Å². The third kappa shape index (κ3) is 3.87. The molecular formula is C21H20F3N5O. The van der Waals surface area contributed by atoms with Gasteiger partial charge in [-0.2, -0.15) is 13.2 Å². The minimum atomic E-state index is -4.54. The monoisotopic (exact) mass is 415 g/mol. The number of hydrogen-bond donors (Lipinski definition) is 2. The Bertz CT molecular complexity index is 1100. The molecule has 3 heterocycles. The summed E-state index contributed by atoms with van der Waals surface area (Å²) in [5, 5.41) is 10.2.